The predicted octanol–water partition coefficient (Wildman–Crippen LogP) is 4.69. The van der Waals surface area contributed by atoms with Crippen molar-refractivity contribution < 1.29 is 31.6 Å². The van der Waals surface area contributed by atoms with Crippen molar-refractivity contribution in [2.45, 2.75) is 19.8 Å². The SMILES string of the molecule is O=C(O[Se])c1cc(OCc2ccccc2)c(OCc2ccccc2)c(OC(F)F)c1. The van der Waals surface area contributed by atoms with E-state index in [-0.39, 0.29) is 36.0 Å². The Balaban J connectivity index is 1.96. The number of rotatable bonds is 9. The number of hydrogen-bond donors (Lipinski definition) is 0. The zero-order chi connectivity index (χ0) is 21.3. The summed E-state index contributed by atoms with van der Waals surface area (Å²) >= 11 is 2.13. The normalized spacial score (nSPS) is 10.5. The molecule has 0 saturated carbocycles. The van der Waals surface area contributed by atoms with Gasteiger partial charge in [-0.15, -0.1) is 0 Å². The average Bonchev–Trinajstić information content (AvgIpc) is 2.77. The van der Waals surface area contributed by atoms with Crippen LogP contribution in [0.5, 0.6) is 17.2 Å². The van der Waals surface area contributed by atoms with Crippen molar-refractivity contribution in [3.05, 3.63) is 89.5 Å². The molecule has 3 rings (SSSR count). The molecule has 0 spiro atoms. The summed E-state index contributed by atoms with van der Waals surface area (Å²) < 4.78 is 46.8. The molecular formula is C22H17F2O5Se. The van der Waals surface area contributed by atoms with Gasteiger partial charge in [-0.2, -0.15) is 0 Å². The van der Waals surface area contributed by atoms with Crippen LogP contribution < -0.4 is 14.2 Å². The Hall–Kier alpha value is -3.09. The summed E-state index contributed by atoms with van der Waals surface area (Å²) in [6.45, 7) is -2.90. The van der Waals surface area contributed by atoms with Gasteiger partial charge in [-0.25, -0.2) is 0 Å². The second-order valence-electron chi connectivity index (χ2n) is 6.10. The summed E-state index contributed by atoms with van der Waals surface area (Å²) in [5.74, 6) is -1.06. The van der Waals surface area contributed by atoms with Gasteiger partial charge in [0.15, 0.2) is 0 Å². The van der Waals surface area contributed by atoms with Crippen LogP contribution in [0.25, 0.3) is 0 Å². The minimum atomic E-state index is -3.12. The Bertz CT molecular complexity index is 968. The first-order valence-electron chi connectivity index (χ1n) is 8.87. The molecule has 0 fully saturated rings. The fourth-order valence-corrected chi connectivity index (χ4v) is 2.84. The van der Waals surface area contributed by atoms with Gasteiger partial charge in [0.2, 0.25) is 0 Å². The van der Waals surface area contributed by atoms with Crippen molar-refractivity contribution >= 4 is 22.3 Å². The van der Waals surface area contributed by atoms with Crippen molar-refractivity contribution in [3.8, 4) is 17.2 Å². The first-order chi connectivity index (χ1) is 14.6. The molecule has 0 atom stereocenters. The van der Waals surface area contributed by atoms with Crippen LogP contribution in [0.4, 0.5) is 8.78 Å². The summed E-state index contributed by atoms with van der Waals surface area (Å²) in [6, 6.07) is 20.9. The summed E-state index contributed by atoms with van der Waals surface area (Å²) in [4.78, 5) is 12.0. The number of carbonyl (C=O) groups excluding carboxylic acids is 1. The quantitative estimate of drug-likeness (QED) is 0.418. The summed E-state index contributed by atoms with van der Waals surface area (Å²) in [5, 5.41) is 0. The van der Waals surface area contributed by atoms with Gasteiger partial charge in [-0.3, -0.25) is 0 Å². The number of halogens is 2. The summed E-state index contributed by atoms with van der Waals surface area (Å²) in [7, 11) is 0. The van der Waals surface area contributed by atoms with Crippen molar-refractivity contribution in [3.63, 3.8) is 0 Å². The molecule has 3 aromatic rings. The van der Waals surface area contributed by atoms with Crippen LogP contribution in [0, 0.1) is 0 Å². The molecule has 0 amide bonds. The van der Waals surface area contributed by atoms with Crippen molar-refractivity contribution in [2.24, 2.45) is 0 Å². The predicted molar refractivity (Wildman–Crippen MR) is 106 cm³/mol. The molecule has 155 valence electrons. The van der Waals surface area contributed by atoms with E-state index < -0.39 is 12.6 Å². The van der Waals surface area contributed by atoms with Gasteiger partial charge in [0.05, 0.1) is 0 Å². The van der Waals surface area contributed by atoms with Gasteiger partial charge in [0, 0.05) is 0 Å². The molecule has 0 heterocycles. The van der Waals surface area contributed by atoms with Gasteiger partial charge in [0.1, 0.15) is 0 Å². The van der Waals surface area contributed by atoms with Crippen LogP contribution in [0.3, 0.4) is 0 Å². The second kappa shape index (κ2) is 10.6. The molecule has 0 aromatic heterocycles. The zero-order valence-corrected chi connectivity index (χ0v) is 17.3. The van der Waals surface area contributed by atoms with Crippen LogP contribution in [0.2, 0.25) is 0 Å². The van der Waals surface area contributed by atoms with Crippen molar-refractivity contribution in [1.82, 2.24) is 0 Å². The first-order valence-corrected chi connectivity index (χ1v) is 9.57. The van der Waals surface area contributed by atoms with Gasteiger partial charge in [-0.1, -0.05) is 0 Å². The third-order valence-corrected chi connectivity index (χ3v) is 4.33. The van der Waals surface area contributed by atoms with Gasteiger partial charge >= 0.3 is 180 Å². The Morgan fingerprint density at radius 1 is 0.833 bits per heavy atom. The van der Waals surface area contributed by atoms with Gasteiger partial charge in [-0.05, 0) is 0 Å². The van der Waals surface area contributed by atoms with Crippen LogP contribution in [-0.4, -0.2) is 28.9 Å². The number of benzene rings is 3. The fraction of sp³-hybridized carbons (Fsp3) is 0.136. The van der Waals surface area contributed by atoms with Gasteiger partial charge < -0.3 is 0 Å². The molecule has 0 bridgehead atoms. The molecule has 5 nitrogen and oxygen atoms in total. The van der Waals surface area contributed by atoms with Crippen LogP contribution in [-0.2, 0) is 17.0 Å². The molecular weight excluding hydrogens is 461 g/mol. The summed E-state index contributed by atoms with van der Waals surface area (Å²) in [6.07, 6.45) is 0. The average molecular weight is 478 g/mol. The third-order valence-electron chi connectivity index (χ3n) is 4.01. The molecule has 0 N–H and O–H groups in total. The molecule has 0 unspecified atom stereocenters. The topological polar surface area (TPSA) is 54.0 Å². The number of alkyl halides is 2. The molecule has 8 heteroatoms. The number of carbonyl (C=O) groups is 1. The molecule has 3 aromatic carbocycles. The maximum absolute atomic E-state index is 13.0. The number of ether oxygens (including phenoxy) is 3. The first kappa shape index (κ1) is 21.6. The van der Waals surface area contributed by atoms with E-state index in [4.69, 9.17) is 9.47 Å². The standard InChI is InChI=1S/C22H17F2O5Se/c23-22(24)28-19-12-17(21(25)29-30)11-18(26-13-15-7-3-1-4-8-15)20(19)27-14-16-9-5-2-6-10-16/h1-12,22H,13-14H2. The van der Waals surface area contributed by atoms with E-state index in [0.717, 1.165) is 17.2 Å². The number of hydrogen-bond acceptors (Lipinski definition) is 5. The van der Waals surface area contributed by atoms with E-state index in [1.165, 1.54) is 6.07 Å². The van der Waals surface area contributed by atoms with E-state index in [1.807, 2.05) is 60.7 Å². The maximum atomic E-state index is 13.0. The summed E-state index contributed by atoms with van der Waals surface area (Å²) in [5.41, 5.74) is 1.64. The van der Waals surface area contributed by atoms with E-state index in [0.29, 0.717) is 0 Å². The third kappa shape index (κ3) is 5.95. The van der Waals surface area contributed by atoms with E-state index in [9.17, 15) is 13.6 Å². The fourth-order valence-electron chi connectivity index (χ4n) is 2.64. The van der Waals surface area contributed by atoms with E-state index >= 15 is 0 Å². The monoisotopic (exact) mass is 479 g/mol. The van der Waals surface area contributed by atoms with E-state index in [2.05, 4.69) is 24.9 Å². The van der Waals surface area contributed by atoms with Crippen LogP contribution in [0.15, 0.2) is 72.8 Å². The Morgan fingerprint density at radius 3 is 1.90 bits per heavy atom. The van der Waals surface area contributed by atoms with Gasteiger partial charge in [0.25, 0.3) is 0 Å². The Kier molecular flexibility index (Phi) is 7.65. The van der Waals surface area contributed by atoms with E-state index in [1.54, 1.807) is 0 Å². The van der Waals surface area contributed by atoms with Crippen LogP contribution in [0.1, 0.15) is 21.5 Å². The second-order valence-corrected chi connectivity index (χ2v) is 6.45. The molecule has 0 saturated heterocycles. The molecule has 0 aliphatic heterocycles. The van der Waals surface area contributed by atoms with Crippen LogP contribution >= 0.6 is 0 Å². The molecule has 0 aliphatic rings. The zero-order valence-electron chi connectivity index (χ0n) is 15.6. The van der Waals surface area contributed by atoms with Crippen molar-refractivity contribution in [1.29, 1.82) is 0 Å². The molecule has 0 aliphatic carbocycles. The molecule has 1 radical (unpaired) electrons. The van der Waals surface area contributed by atoms with Crippen molar-refractivity contribution in [2.75, 3.05) is 0 Å². The molecule has 30 heavy (non-hydrogen) atoms. The Labute approximate surface area is 180 Å². The minimum absolute atomic E-state index is 0.0282. The Morgan fingerprint density at radius 2 is 1.37 bits per heavy atom.